The molecule has 0 unspecified atom stereocenters. The topological polar surface area (TPSA) is 43.1 Å². The average molecular weight is 231 g/mol. The highest BCUT2D eigenvalue weighted by atomic mass is 35.5. The molecule has 16 heavy (non-hydrogen) atoms. The fourth-order valence-electron chi connectivity index (χ4n) is 1.57. The summed E-state index contributed by atoms with van der Waals surface area (Å²) < 4.78 is 1.73. The van der Waals surface area contributed by atoms with Crippen molar-refractivity contribution in [3.05, 3.63) is 48.1 Å². The van der Waals surface area contributed by atoms with Gasteiger partial charge in [0.25, 0.3) is 0 Å². The summed E-state index contributed by atoms with van der Waals surface area (Å²) in [5.41, 5.74) is 2.72. The zero-order chi connectivity index (χ0) is 11.0. The van der Waals surface area contributed by atoms with Gasteiger partial charge in [-0.2, -0.15) is 5.10 Å². The molecular formula is C11H7ClN4. The molecule has 0 saturated heterocycles. The third-order valence-electron chi connectivity index (χ3n) is 2.32. The molecule has 0 amide bonds. The Morgan fingerprint density at radius 1 is 1.12 bits per heavy atom. The molecule has 0 aliphatic rings. The van der Waals surface area contributed by atoms with Gasteiger partial charge in [0.1, 0.15) is 5.15 Å². The summed E-state index contributed by atoms with van der Waals surface area (Å²) in [5.74, 6) is 0. The summed E-state index contributed by atoms with van der Waals surface area (Å²) in [4.78, 5) is 8.32. The van der Waals surface area contributed by atoms with E-state index in [1.54, 1.807) is 29.2 Å². The maximum Gasteiger partial charge on any atom is 0.162 e. The molecule has 3 aromatic rings. The van der Waals surface area contributed by atoms with Gasteiger partial charge in [-0.05, 0) is 18.2 Å². The van der Waals surface area contributed by atoms with Crippen LogP contribution in [0.25, 0.3) is 16.8 Å². The Bertz CT molecular complexity index is 630. The zero-order valence-corrected chi connectivity index (χ0v) is 8.96. The lowest BCUT2D eigenvalue weighted by Gasteiger charge is -1.97. The predicted molar refractivity (Wildman–Crippen MR) is 61.2 cm³/mol. The van der Waals surface area contributed by atoms with E-state index in [4.69, 9.17) is 11.6 Å². The van der Waals surface area contributed by atoms with Crippen LogP contribution in [0.5, 0.6) is 0 Å². The lowest BCUT2D eigenvalue weighted by atomic mass is 10.1. The molecule has 3 heterocycles. The maximum absolute atomic E-state index is 5.74. The summed E-state index contributed by atoms with van der Waals surface area (Å²) in [5, 5.41) is 4.69. The molecule has 0 bridgehead atoms. The largest absolute Gasteiger partial charge is 0.244 e. The summed E-state index contributed by atoms with van der Waals surface area (Å²) >= 11 is 5.74. The predicted octanol–water partition coefficient (Wildman–Crippen LogP) is 2.44. The fourth-order valence-corrected chi connectivity index (χ4v) is 1.68. The van der Waals surface area contributed by atoms with Crippen molar-refractivity contribution in [1.29, 1.82) is 0 Å². The molecule has 78 valence electrons. The second kappa shape index (κ2) is 3.57. The Balaban J connectivity index is 2.22. The van der Waals surface area contributed by atoms with E-state index in [9.17, 15) is 0 Å². The van der Waals surface area contributed by atoms with Gasteiger partial charge >= 0.3 is 0 Å². The van der Waals surface area contributed by atoms with Crippen LogP contribution in [-0.2, 0) is 0 Å². The van der Waals surface area contributed by atoms with Crippen molar-refractivity contribution in [3.63, 3.8) is 0 Å². The molecule has 0 spiro atoms. The molecule has 3 rings (SSSR count). The second-order valence-corrected chi connectivity index (χ2v) is 3.70. The number of rotatable bonds is 1. The average Bonchev–Trinajstić information content (AvgIpc) is 2.74. The van der Waals surface area contributed by atoms with Gasteiger partial charge in [-0.1, -0.05) is 11.6 Å². The van der Waals surface area contributed by atoms with E-state index in [-0.39, 0.29) is 0 Å². The monoisotopic (exact) mass is 230 g/mol. The van der Waals surface area contributed by atoms with Crippen LogP contribution in [0.1, 0.15) is 0 Å². The van der Waals surface area contributed by atoms with Gasteiger partial charge in [-0.3, -0.25) is 0 Å². The van der Waals surface area contributed by atoms with Gasteiger partial charge in [0, 0.05) is 29.7 Å². The Morgan fingerprint density at radius 3 is 2.88 bits per heavy atom. The van der Waals surface area contributed by atoms with Crippen molar-refractivity contribution in [1.82, 2.24) is 19.6 Å². The first-order valence-corrected chi connectivity index (χ1v) is 5.13. The van der Waals surface area contributed by atoms with Crippen molar-refractivity contribution in [3.8, 4) is 11.1 Å². The molecule has 4 nitrogen and oxygen atoms in total. The summed E-state index contributed by atoms with van der Waals surface area (Å²) in [6, 6.07) is 5.49. The van der Waals surface area contributed by atoms with E-state index in [0.717, 1.165) is 16.8 Å². The SMILES string of the molecule is Clc1ccc(-c2cnn3cccnc23)cn1. The highest BCUT2D eigenvalue weighted by Crippen LogP contribution is 2.22. The number of aromatic nitrogens is 4. The molecule has 5 heteroatoms. The van der Waals surface area contributed by atoms with E-state index in [1.807, 2.05) is 18.3 Å². The molecular weight excluding hydrogens is 224 g/mol. The maximum atomic E-state index is 5.74. The van der Waals surface area contributed by atoms with Crippen LogP contribution in [0.4, 0.5) is 0 Å². The fraction of sp³-hybridized carbons (Fsp3) is 0. The van der Waals surface area contributed by atoms with E-state index in [2.05, 4.69) is 15.1 Å². The summed E-state index contributed by atoms with van der Waals surface area (Å²) in [6.07, 6.45) is 7.08. The lowest BCUT2D eigenvalue weighted by molar-refractivity contribution is 0.939. The Kier molecular flexibility index (Phi) is 2.08. The standard InChI is InChI=1S/C11H7ClN4/c12-10-3-2-8(6-14-10)9-7-15-16-5-1-4-13-11(9)16/h1-7H. The summed E-state index contributed by atoms with van der Waals surface area (Å²) in [7, 11) is 0. The molecule has 0 saturated carbocycles. The molecule has 0 radical (unpaired) electrons. The van der Waals surface area contributed by atoms with Crippen molar-refractivity contribution >= 4 is 17.2 Å². The minimum absolute atomic E-state index is 0.480. The van der Waals surface area contributed by atoms with E-state index >= 15 is 0 Å². The molecule has 0 aliphatic heterocycles. The highest BCUT2D eigenvalue weighted by molar-refractivity contribution is 6.29. The quantitative estimate of drug-likeness (QED) is 0.603. The Morgan fingerprint density at radius 2 is 2.06 bits per heavy atom. The number of hydrogen-bond acceptors (Lipinski definition) is 3. The van der Waals surface area contributed by atoms with Gasteiger partial charge < -0.3 is 0 Å². The molecule has 0 aliphatic carbocycles. The van der Waals surface area contributed by atoms with Crippen LogP contribution in [-0.4, -0.2) is 19.6 Å². The number of nitrogens with zero attached hydrogens (tertiary/aromatic N) is 4. The van der Waals surface area contributed by atoms with Crippen molar-refractivity contribution in [2.24, 2.45) is 0 Å². The van der Waals surface area contributed by atoms with Crippen LogP contribution in [0.3, 0.4) is 0 Å². The Labute approximate surface area is 96.5 Å². The Hall–Kier alpha value is -1.94. The van der Waals surface area contributed by atoms with Gasteiger partial charge in [-0.25, -0.2) is 14.5 Å². The van der Waals surface area contributed by atoms with Crippen molar-refractivity contribution in [2.75, 3.05) is 0 Å². The number of hydrogen-bond donors (Lipinski definition) is 0. The van der Waals surface area contributed by atoms with Gasteiger partial charge in [0.05, 0.1) is 6.20 Å². The smallest absolute Gasteiger partial charge is 0.162 e. The van der Waals surface area contributed by atoms with Crippen LogP contribution in [0.2, 0.25) is 5.15 Å². The van der Waals surface area contributed by atoms with Crippen LogP contribution in [0.15, 0.2) is 43.0 Å². The van der Waals surface area contributed by atoms with Crippen LogP contribution < -0.4 is 0 Å². The molecule has 0 aromatic carbocycles. The lowest BCUT2D eigenvalue weighted by Crippen LogP contribution is -1.87. The molecule has 3 aromatic heterocycles. The number of fused-ring (bicyclic) bond motifs is 1. The summed E-state index contributed by atoms with van der Waals surface area (Å²) in [6.45, 7) is 0. The zero-order valence-electron chi connectivity index (χ0n) is 8.21. The molecule has 0 N–H and O–H groups in total. The third kappa shape index (κ3) is 1.44. The van der Waals surface area contributed by atoms with Crippen LogP contribution in [0, 0.1) is 0 Å². The first kappa shape index (κ1) is 9.30. The number of pyridine rings is 1. The van der Waals surface area contributed by atoms with E-state index in [0.29, 0.717) is 5.15 Å². The normalized spacial score (nSPS) is 10.8. The minimum Gasteiger partial charge on any atom is -0.244 e. The second-order valence-electron chi connectivity index (χ2n) is 3.32. The van der Waals surface area contributed by atoms with Gasteiger partial charge in [0.15, 0.2) is 5.65 Å². The van der Waals surface area contributed by atoms with Gasteiger partial charge in [0.2, 0.25) is 0 Å². The highest BCUT2D eigenvalue weighted by Gasteiger charge is 2.07. The third-order valence-corrected chi connectivity index (χ3v) is 2.54. The van der Waals surface area contributed by atoms with Crippen LogP contribution >= 0.6 is 11.6 Å². The van der Waals surface area contributed by atoms with E-state index < -0.39 is 0 Å². The number of halogens is 1. The van der Waals surface area contributed by atoms with Gasteiger partial charge in [-0.15, -0.1) is 0 Å². The van der Waals surface area contributed by atoms with Crippen molar-refractivity contribution < 1.29 is 0 Å². The first-order chi connectivity index (χ1) is 7.84. The van der Waals surface area contributed by atoms with Crippen molar-refractivity contribution in [2.45, 2.75) is 0 Å². The minimum atomic E-state index is 0.480. The van der Waals surface area contributed by atoms with E-state index in [1.165, 1.54) is 0 Å². The first-order valence-electron chi connectivity index (χ1n) is 4.75. The molecule has 0 fully saturated rings. The molecule has 0 atom stereocenters.